The van der Waals surface area contributed by atoms with E-state index in [4.69, 9.17) is 21.3 Å². The van der Waals surface area contributed by atoms with Gasteiger partial charge in [-0.1, -0.05) is 29.8 Å². The highest BCUT2D eigenvalue weighted by atomic mass is 35.5. The molecule has 2 aromatic carbocycles. The molecule has 0 saturated carbocycles. The van der Waals surface area contributed by atoms with Gasteiger partial charge in [0.1, 0.15) is 5.60 Å². The van der Waals surface area contributed by atoms with Crippen LogP contribution in [0.1, 0.15) is 43.0 Å². The lowest BCUT2D eigenvalue weighted by Gasteiger charge is -2.37. The van der Waals surface area contributed by atoms with Crippen LogP contribution in [0.25, 0.3) is 22.4 Å². The summed E-state index contributed by atoms with van der Waals surface area (Å²) in [5.41, 5.74) is 3.12. The highest BCUT2D eigenvalue weighted by molar-refractivity contribution is 6.30. The van der Waals surface area contributed by atoms with Gasteiger partial charge in [0.25, 0.3) is 0 Å². The van der Waals surface area contributed by atoms with Crippen molar-refractivity contribution in [1.29, 1.82) is 10.5 Å². The molecule has 0 bridgehead atoms. The van der Waals surface area contributed by atoms with Gasteiger partial charge in [0.2, 0.25) is 5.88 Å². The molecular weight excluding hydrogens is 440 g/mol. The van der Waals surface area contributed by atoms with Crippen molar-refractivity contribution in [3.05, 3.63) is 70.2 Å². The second kappa shape index (κ2) is 8.46. The van der Waals surface area contributed by atoms with E-state index in [0.29, 0.717) is 50.8 Å². The smallest absolute Gasteiger partial charge is 0.405 e. The van der Waals surface area contributed by atoms with Crippen molar-refractivity contribution in [2.45, 2.75) is 31.9 Å². The van der Waals surface area contributed by atoms with E-state index in [0.717, 1.165) is 5.56 Å². The Morgan fingerprint density at radius 2 is 1.88 bits per heavy atom. The van der Waals surface area contributed by atoms with Gasteiger partial charge in [0.05, 0.1) is 35.0 Å². The van der Waals surface area contributed by atoms with Crippen molar-refractivity contribution in [3.8, 4) is 40.4 Å². The van der Waals surface area contributed by atoms with Crippen molar-refractivity contribution < 1.29 is 14.6 Å². The number of hydrogen-bond acceptors (Lipinski definition) is 5. The first-order chi connectivity index (χ1) is 15.7. The number of fused-ring (bicyclic) bond motifs is 1. The highest BCUT2D eigenvalue weighted by Gasteiger charge is 2.37. The number of carbonyl (C=O) groups is 1. The van der Waals surface area contributed by atoms with Gasteiger partial charge in [-0.05, 0) is 49.7 Å². The fraction of sp³-hybridized carbons (Fsp3) is 0.200. The molecule has 8 heteroatoms. The summed E-state index contributed by atoms with van der Waals surface area (Å²) in [6, 6.07) is 17.5. The molecule has 1 aliphatic heterocycles. The number of amides is 1. The summed E-state index contributed by atoms with van der Waals surface area (Å²) in [5.74, 6) is 0.297. The first kappa shape index (κ1) is 22.1. The van der Waals surface area contributed by atoms with Crippen molar-refractivity contribution in [2.24, 2.45) is 0 Å². The molecule has 0 aliphatic carbocycles. The van der Waals surface area contributed by atoms with Crippen LogP contribution in [0.3, 0.4) is 0 Å². The van der Waals surface area contributed by atoms with Gasteiger partial charge in [0, 0.05) is 28.1 Å². The van der Waals surface area contributed by atoms with Crippen molar-refractivity contribution in [3.63, 3.8) is 0 Å². The third-order valence-electron chi connectivity index (χ3n) is 5.44. The number of nitrogens with zero attached hydrogens (tertiary/aromatic N) is 3. The summed E-state index contributed by atoms with van der Waals surface area (Å²) in [4.78, 5) is 16.2. The Labute approximate surface area is 195 Å². The van der Waals surface area contributed by atoms with Gasteiger partial charge >= 0.3 is 6.09 Å². The third-order valence-corrected chi connectivity index (χ3v) is 5.69. The SMILES string of the molecule is CC1(C)CC(NC(=O)O)c2cc(-c3ccc(Cl)cc3)c(-c3ccc(C#N)cc3C#N)nc2O1. The Hall–Kier alpha value is -4.07. The molecular formula is C25H19ClN4O3. The average molecular weight is 459 g/mol. The van der Waals surface area contributed by atoms with Gasteiger partial charge in [-0.3, -0.25) is 0 Å². The number of aromatic nitrogens is 1. The summed E-state index contributed by atoms with van der Waals surface area (Å²) >= 11 is 6.08. The van der Waals surface area contributed by atoms with E-state index in [1.807, 2.05) is 38.1 Å². The lowest BCUT2D eigenvalue weighted by Crippen LogP contribution is -2.41. The molecule has 0 spiro atoms. The van der Waals surface area contributed by atoms with Crippen LogP contribution < -0.4 is 10.1 Å². The maximum Gasteiger partial charge on any atom is 0.405 e. The maximum atomic E-state index is 11.5. The van der Waals surface area contributed by atoms with E-state index in [-0.39, 0.29) is 0 Å². The standard InChI is InChI=1S/C25H19ClN4O3/c1-25(2)11-21(29-24(31)32)20-10-19(15-4-6-17(26)7-5-15)22(30-23(20)33-25)18-8-3-14(12-27)9-16(18)13-28/h3-10,21,29H,11H2,1-2H3,(H,31,32). The van der Waals surface area contributed by atoms with Crippen molar-refractivity contribution in [2.75, 3.05) is 0 Å². The summed E-state index contributed by atoms with van der Waals surface area (Å²) in [5, 5.41) is 31.5. The Balaban J connectivity index is 2.00. The predicted octanol–water partition coefficient (Wildman–Crippen LogP) is 5.68. The summed E-state index contributed by atoms with van der Waals surface area (Å²) in [6.07, 6.45) is -0.715. The molecule has 0 radical (unpaired) electrons. The van der Waals surface area contributed by atoms with Crippen molar-refractivity contribution in [1.82, 2.24) is 10.3 Å². The van der Waals surface area contributed by atoms with Crippen molar-refractivity contribution >= 4 is 17.7 Å². The van der Waals surface area contributed by atoms with Gasteiger partial charge in [-0.15, -0.1) is 0 Å². The van der Waals surface area contributed by atoms with Crippen LogP contribution in [-0.2, 0) is 0 Å². The third kappa shape index (κ3) is 4.45. The first-order valence-electron chi connectivity index (χ1n) is 10.1. The number of hydrogen-bond donors (Lipinski definition) is 2. The quantitative estimate of drug-likeness (QED) is 0.520. The number of benzene rings is 2. The second-order valence-corrected chi connectivity index (χ2v) is 8.77. The summed E-state index contributed by atoms with van der Waals surface area (Å²) < 4.78 is 6.12. The minimum Gasteiger partial charge on any atom is -0.471 e. The monoisotopic (exact) mass is 458 g/mol. The zero-order valence-corrected chi connectivity index (χ0v) is 18.6. The first-order valence-corrected chi connectivity index (χ1v) is 10.5. The Morgan fingerprint density at radius 3 is 2.52 bits per heavy atom. The van der Waals surface area contributed by atoms with Crippen LogP contribution in [0.4, 0.5) is 4.79 Å². The molecule has 0 fully saturated rings. The van der Waals surface area contributed by atoms with Crippen LogP contribution in [0.5, 0.6) is 5.88 Å². The summed E-state index contributed by atoms with van der Waals surface area (Å²) in [6.45, 7) is 3.73. The molecule has 1 aromatic heterocycles. The number of nitriles is 2. The molecule has 2 N–H and O–H groups in total. The molecule has 4 rings (SSSR count). The maximum absolute atomic E-state index is 11.5. The molecule has 1 amide bonds. The largest absolute Gasteiger partial charge is 0.471 e. The molecule has 1 unspecified atom stereocenters. The predicted molar refractivity (Wildman–Crippen MR) is 123 cm³/mol. The number of rotatable bonds is 3. The average Bonchev–Trinajstić information content (AvgIpc) is 2.77. The number of ether oxygens (including phenoxy) is 1. The lowest BCUT2D eigenvalue weighted by molar-refractivity contribution is 0.0604. The van der Waals surface area contributed by atoms with E-state index in [1.165, 1.54) is 6.07 Å². The van der Waals surface area contributed by atoms with Gasteiger partial charge < -0.3 is 15.2 Å². The Morgan fingerprint density at radius 1 is 1.15 bits per heavy atom. The zero-order chi connectivity index (χ0) is 23.8. The molecule has 1 atom stereocenters. The fourth-order valence-corrected chi connectivity index (χ4v) is 4.12. The normalized spacial score (nSPS) is 16.0. The number of pyridine rings is 1. The van der Waals surface area contributed by atoms with E-state index in [2.05, 4.69) is 11.4 Å². The fourth-order valence-electron chi connectivity index (χ4n) is 3.99. The number of halogens is 1. The van der Waals surface area contributed by atoms with Gasteiger partial charge in [-0.25, -0.2) is 9.78 Å². The van der Waals surface area contributed by atoms with E-state index in [9.17, 15) is 20.4 Å². The van der Waals surface area contributed by atoms with Crippen LogP contribution in [0.15, 0.2) is 48.5 Å². The van der Waals surface area contributed by atoms with Crippen LogP contribution in [-0.4, -0.2) is 21.8 Å². The van der Waals surface area contributed by atoms with Crippen LogP contribution in [0, 0.1) is 22.7 Å². The molecule has 1 aliphatic rings. The molecule has 164 valence electrons. The van der Waals surface area contributed by atoms with Crippen LogP contribution in [0.2, 0.25) is 5.02 Å². The van der Waals surface area contributed by atoms with E-state index >= 15 is 0 Å². The second-order valence-electron chi connectivity index (χ2n) is 8.34. The van der Waals surface area contributed by atoms with Crippen LogP contribution >= 0.6 is 11.6 Å². The van der Waals surface area contributed by atoms with E-state index < -0.39 is 17.7 Å². The number of carboxylic acid groups (broad SMARTS) is 1. The molecule has 0 saturated heterocycles. The van der Waals surface area contributed by atoms with E-state index in [1.54, 1.807) is 24.3 Å². The van der Waals surface area contributed by atoms with Gasteiger partial charge in [-0.2, -0.15) is 10.5 Å². The lowest BCUT2D eigenvalue weighted by atomic mass is 9.88. The number of nitrogens with one attached hydrogen (secondary N) is 1. The summed E-state index contributed by atoms with van der Waals surface area (Å²) in [7, 11) is 0. The topological polar surface area (TPSA) is 119 Å². The molecule has 3 aromatic rings. The minimum absolute atomic E-state index is 0.297. The highest BCUT2D eigenvalue weighted by Crippen LogP contribution is 2.44. The molecule has 33 heavy (non-hydrogen) atoms. The Kier molecular flexibility index (Phi) is 5.68. The molecule has 2 heterocycles. The molecule has 7 nitrogen and oxygen atoms in total. The minimum atomic E-state index is -1.14. The zero-order valence-electron chi connectivity index (χ0n) is 17.9. The van der Waals surface area contributed by atoms with Gasteiger partial charge in [0.15, 0.2) is 0 Å². The Bertz CT molecular complexity index is 1340.